The molecule has 1 N–H and O–H groups in total. The van der Waals surface area contributed by atoms with E-state index in [0.29, 0.717) is 35.2 Å². The van der Waals surface area contributed by atoms with E-state index in [-0.39, 0.29) is 5.91 Å². The Morgan fingerprint density at radius 3 is 2.61 bits per heavy atom. The van der Waals surface area contributed by atoms with E-state index < -0.39 is 0 Å². The number of carbonyl (C=O) groups is 1. The molecule has 23 heavy (non-hydrogen) atoms. The van der Waals surface area contributed by atoms with Crippen molar-refractivity contribution in [2.45, 2.75) is 6.61 Å². The Balaban J connectivity index is 2.08. The van der Waals surface area contributed by atoms with Crippen molar-refractivity contribution < 1.29 is 14.3 Å². The van der Waals surface area contributed by atoms with E-state index in [1.54, 1.807) is 24.3 Å². The van der Waals surface area contributed by atoms with E-state index in [1.165, 1.54) is 7.11 Å². The molecule has 1 amide bonds. The smallest absolute Gasteiger partial charge is 0.251 e. The Bertz CT molecular complexity index is 683. The molecule has 120 valence electrons. The van der Waals surface area contributed by atoms with Crippen molar-refractivity contribution in [2.24, 2.45) is 0 Å². The Labute approximate surface area is 140 Å². The molecule has 4 nitrogen and oxygen atoms in total. The number of halogens is 1. The minimum atomic E-state index is -0.188. The molecule has 2 aromatic carbocycles. The Morgan fingerprint density at radius 2 is 1.96 bits per heavy atom. The molecule has 0 saturated heterocycles. The first-order valence-corrected chi connectivity index (χ1v) is 7.46. The predicted octanol–water partition coefficient (Wildman–Crippen LogP) is 3.84. The quantitative estimate of drug-likeness (QED) is 0.784. The molecule has 0 atom stereocenters. The van der Waals surface area contributed by atoms with Gasteiger partial charge in [-0.05, 0) is 35.9 Å². The van der Waals surface area contributed by atoms with Crippen LogP contribution in [0.4, 0.5) is 0 Å². The molecule has 0 aliphatic rings. The third-order valence-electron chi connectivity index (χ3n) is 3.14. The van der Waals surface area contributed by atoms with E-state index in [9.17, 15) is 4.79 Å². The van der Waals surface area contributed by atoms with Crippen LogP contribution in [0.1, 0.15) is 15.9 Å². The van der Waals surface area contributed by atoms with Gasteiger partial charge in [0.1, 0.15) is 6.61 Å². The largest absolute Gasteiger partial charge is 0.493 e. The van der Waals surface area contributed by atoms with Crippen molar-refractivity contribution >= 4 is 17.5 Å². The van der Waals surface area contributed by atoms with Crippen LogP contribution in [-0.4, -0.2) is 19.6 Å². The number of hydrogen-bond acceptors (Lipinski definition) is 3. The molecule has 2 aromatic rings. The number of ether oxygens (including phenoxy) is 2. The maximum Gasteiger partial charge on any atom is 0.251 e. The molecule has 0 aliphatic carbocycles. The maximum atomic E-state index is 11.9. The van der Waals surface area contributed by atoms with Gasteiger partial charge in [-0.1, -0.05) is 29.8 Å². The summed E-state index contributed by atoms with van der Waals surface area (Å²) in [4.78, 5) is 11.9. The molecule has 0 unspecified atom stereocenters. The number of amides is 1. The molecule has 0 radical (unpaired) electrons. The molecule has 0 spiro atoms. The van der Waals surface area contributed by atoms with E-state index in [2.05, 4.69) is 11.9 Å². The molecule has 0 fully saturated rings. The lowest BCUT2D eigenvalue weighted by Gasteiger charge is -2.12. The molecular weight excluding hydrogens is 314 g/mol. The maximum absolute atomic E-state index is 11.9. The van der Waals surface area contributed by atoms with Crippen molar-refractivity contribution in [2.75, 3.05) is 13.7 Å². The summed E-state index contributed by atoms with van der Waals surface area (Å²) in [6.45, 7) is 4.36. The second-order valence-electron chi connectivity index (χ2n) is 4.78. The lowest BCUT2D eigenvalue weighted by atomic mass is 10.2. The highest BCUT2D eigenvalue weighted by molar-refractivity contribution is 6.30. The van der Waals surface area contributed by atoms with Gasteiger partial charge in [-0.15, -0.1) is 6.58 Å². The summed E-state index contributed by atoms with van der Waals surface area (Å²) < 4.78 is 11.1. The molecule has 0 saturated carbocycles. The molecule has 0 heterocycles. The van der Waals surface area contributed by atoms with E-state index >= 15 is 0 Å². The molecule has 0 aliphatic heterocycles. The highest BCUT2D eigenvalue weighted by atomic mass is 35.5. The van der Waals surface area contributed by atoms with Crippen LogP contribution in [-0.2, 0) is 6.61 Å². The summed E-state index contributed by atoms with van der Waals surface area (Å²) in [6, 6.07) is 12.5. The Hall–Kier alpha value is -2.46. The molecule has 2 rings (SSSR count). The zero-order valence-electron chi connectivity index (χ0n) is 12.8. The standard InChI is InChI=1S/C18H18ClNO3/c1-3-10-20-18(21)14-6-9-16(17(11-14)22-2)23-12-13-4-7-15(19)8-5-13/h3-9,11H,1,10,12H2,2H3,(H,20,21). The lowest BCUT2D eigenvalue weighted by molar-refractivity contribution is 0.0957. The number of methoxy groups -OCH3 is 1. The van der Waals surface area contributed by atoms with Crippen LogP contribution >= 0.6 is 11.6 Å². The van der Waals surface area contributed by atoms with Gasteiger partial charge in [-0.25, -0.2) is 0 Å². The van der Waals surface area contributed by atoms with Crippen LogP contribution < -0.4 is 14.8 Å². The van der Waals surface area contributed by atoms with Crippen LogP contribution in [0.15, 0.2) is 55.1 Å². The normalized spacial score (nSPS) is 10.0. The van der Waals surface area contributed by atoms with Gasteiger partial charge < -0.3 is 14.8 Å². The van der Waals surface area contributed by atoms with Crippen molar-refractivity contribution in [3.63, 3.8) is 0 Å². The van der Waals surface area contributed by atoms with Gasteiger partial charge in [0.05, 0.1) is 7.11 Å². The van der Waals surface area contributed by atoms with Crippen molar-refractivity contribution in [1.29, 1.82) is 0 Å². The van der Waals surface area contributed by atoms with Gasteiger partial charge in [0, 0.05) is 17.1 Å². The van der Waals surface area contributed by atoms with Crippen molar-refractivity contribution in [3.05, 3.63) is 71.3 Å². The second kappa shape index (κ2) is 8.25. The van der Waals surface area contributed by atoms with E-state index in [0.717, 1.165) is 5.56 Å². The van der Waals surface area contributed by atoms with Gasteiger partial charge in [-0.3, -0.25) is 4.79 Å². The second-order valence-corrected chi connectivity index (χ2v) is 5.22. The lowest BCUT2D eigenvalue weighted by Crippen LogP contribution is -2.23. The number of rotatable bonds is 7. The number of nitrogens with one attached hydrogen (secondary N) is 1. The fourth-order valence-corrected chi connectivity index (χ4v) is 2.06. The third-order valence-corrected chi connectivity index (χ3v) is 3.39. The first kappa shape index (κ1) is 16.9. The summed E-state index contributed by atoms with van der Waals surface area (Å²) in [6.07, 6.45) is 1.62. The first-order chi connectivity index (χ1) is 11.1. The van der Waals surface area contributed by atoms with Crippen LogP contribution in [0.3, 0.4) is 0 Å². The van der Waals surface area contributed by atoms with Crippen LogP contribution in [0.5, 0.6) is 11.5 Å². The van der Waals surface area contributed by atoms with Crippen LogP contribution in [0.2, 0.25) is 5.02 Å². The minimum Gasteiger partial charge on any atom is -0.493 e. The summed E-state index contributed by atoms with van der Waals surface area (Å²) in [5.74, 6) is 0.889. The highest BCUT2D eigenvalue weighted by Crippen LogP contribution is 2.29. The number of benzene rings is 2. The van der Waals surface area contributed by atoms with Gasteiger partial charge >= 0.3 is 0 Å². The first-order valence-electron chi connectivity index (χ1n) is 7.08. The van der Waals surface area contributed by atoms with E-state index in [1.807, 2.05) is 24.3 Å². The van der Waals surface area contributed by atoms with Gasteiger partial charge in [-0.2, -0.15) is 0 Å². The third kappa shape index (κ3) is 4.76. The van der Waals surface area contributed by atoms with Gasteiger partial charge in [0.15, 0.2) is 11.5 Å². The summed E-state index contributed by atoms with van der Waals surface area (Å²) in [5, 5.41) is 3.40. The van der Waals surface area contributed by atoms with Crippen molar-refractivity contribution in [1.82, 2.24) is 5.32 Å². The van der Waals surface area contributed by atoms with E-state index in [4.69, 9.17) is 21.1 Å². The van der Waals surface area contributed by atoms with Crippen LogP contribution in [0.25, 0.3) is 0 Å². The fourth-order valence-electron chi connectivity index (χ4n) is 1.94. The van der Waals surface area contributed by atoms with Crippen molar-refractivity contribution in [3.8, 4) is 11.5 Å². The summed E-state index contributed by atoms with van der Waals surface area (Å²) >= 11 is 5.85. The zero-order chi connectivity index (χ0) is 16.7. The Morgan fingerprint density at radius 1 is 1.22 bits per heavy atom. The molecule has 0 aromatic heterocycles. The minimum absolute atomic E-state index is 0.188. The van der Waals surface area contributed by atoms with Crippen LogP contribution in [0, 0.1) is 0 Å². The number of hydrogen-bond donors (Lipinski definition) is 1. The Kier molecular flexibility index (Phi) is 6.06. The molecule has 5 heteroatoms. The topological polar surface area (TPSA) is 47.6 Å². The molecular formula is C18H18ClNO3. The average Bonchev–Trinajstić information content (AvgIpc) is 2.59. The zero-order valence-corrected chi connectivity index (χ0v) is 13.6. The predicted molar refractivity (Wildman–Crippen MR) is 91.3 cm³/mol. The summed E-state index contributed by atoms with van der Waals surface area (Å²) in [5.41, 5.74) is 1.49. The highest BCUT2D eigenvalue weighted by Gasteiger charge is 2.10. The fraction of sp³-hybridized carbons (Fsp3) is 0.167. The SMILES string of the molecule is C=CCNC(=O)c1ccc(OCc2ccc(Cl)cc2)c(OC)c1. The van der Waals surface area contributed by atoms with Gasteiger partial charge in [0.2, 0.25) is 0 Å². The number of carbonyl (C=O) groups excluding carboxylic acids is 1. The molecule has 0 bridgehead atoms. The van der Waals surface area contributed by atoms with Gasteiger partial charge in [0.25, 0.3) is 5.91 Å². The monoisotopic (exact) mass is 331 g/mol. The average molecular weight is 332 g/mol. The summed E-state index contributed by atoms with van der Waals surface area (Å²) in [7, 11) is 1.54.